The molecule has 4 heteroatoms. The molecule has 88 valence electrons. The molecule has 0 aromatic heterocycles. The zero-order chi connectivity index (χ0) is 11.5. The third kappa shape index (κ3) is 2.44. The lowest BCUT2D eigenvalue weighted by Crippen LogP contribution is -2.28. The normalized spacial score (nSPS) is 17.6. The van der Waals surface area contributed by atoms with Gasteiger partial charge in [-0.25, -0.2) is 4.39 Å². The first-order valence-electron chi connectivity index (χ1n) is 5.58. The molecule has 1 aliphatic rings. The number of rotatable bonds is 2. The van der Waals surface area contributed by atoms with Crippen LogP contribution in [0.2, 0.25) is 0 Å². The monoisotopic (exact) mass is 225 g/mol. The summed E-state index contributed by atoms with van der Waals surface area (Å²) < 4.78 is 13.2. The molecular formula is C12H16FNO2. The lowest BCUT2D eigenvalue weighted by molar-refractivity contribution is 0.364. The standard InChI is InChI=1S/C12H16FNO2/c13-10-6-9(7-11(15)12(10)16)5-8-1-3-14-4-2-8/h6-8,14-16H,1-5H2. The Morgan fingerprint density at radius 1 is 1.25 bits per heavy atom. The number of nitrogens with one attached hydrogen (secondary N) is 1. The lowest BCUT2D eigenvalue weighted by atomic mass is 9.91. The summed E-state index contributed by atoms with van der Waals surface area (Å²) in [5.41, 5.74) is 0.750. The first-order chi connectivity index (χ1) is 7.66. The molecular weight excluding hydrogens is 209 g/mol. The van der Waals surface area contributed by atoms with Crippen LogP contribution in [0.15, 0.2) is 12.1 Å². The summed E-state index contributed by atoms with van der Waals surface area (Å²) in [7, 11) is 0. The van der Waals surface area contributed by atoms with Gasteiger partial charge in [-0.05, 0) is 56.0 Å². The second-order valence-electron chi connectivity index (χ2n) is 4.34. The van der Waals surface area contributed by atoms with Crippen LogP contribution in [0.5, 0.6) is 11.5 Å². The van der Waals surface area contributed by atoms with E-state index in [0.29, 0.717) is 5.92 Å². The van der Waals surface area contributed by atoms with Crippen molar-refractivity contribution in [2.45, 2.75) is 19.3 Å². The van der Waals surface area contributed by atoms with E-state index in [-0.39, 0.29) is 5.75 Å². The molecule has 0 bridgehead atoms. The van der Waals surface area contributed by atoms with Crippen molar-refractivity contribution in [3.63, 3.8) is 0 Å². The summed E-state index contributed by atoms with van der Waals surface area (Å²) in [6, 6.07) is 2.75. The Morgan fingerprint density at radius 2 is 1.94 bits per heavy atom. The molecule has 1 aliphatic heterocycles. The van der Waals surface area contributed by atoms with Crippen molar-refractivity contribution in [3.05, 3.63) is 23.5 Å². The van der Waals surface area contributed by atoms with Crippen LogP contribution in [0.4, 0.5) is 4.39 Å². The predicted octanol–water partition coefficient (Wildman–Crippen LogP) is 1.78. The summed E-state index contributed by atoms with van der Waals surface area (Å²) in [5.74, 6) is -1.24. The van der Waals surface area contributed by atoms with Gasteiger partial charge in [0.15, 0.2) is 17.3 Å². The van der Waals surface area contributed by atoms with Crippen molar-refractivity contribution in [1.82, 2.24) is 5.32 Å². The Morgan fingerprint density at radius 3 is 2.56 bits per heavy atom. The highest BCUT2D eigenvalue weighted by Crippen LogP contribution is 2.30. The van der Waals surface area contributed by atoms with E-state index in [1.807, 2.05) is 0 Å². The van der Waals surface area contributed by atoms with E-state index in [4.69, 9.17) is 5.11 Å². The smallest absolute Gasteiger partial charge is 0.194 e. The molecule has 1 heterocycles. The molecule has 3 nitrogen and oxygen atoms in total. The third-order valence-electron chi connectivity index (χ3n) is 3.09. The molecule has 1 fully saturated rings. The second-order valence-corrected chi connectivity index (χ2v) is 4.34. The Balaban J connectivity index is 2.09. The van der Waals surface area contributed by atoms with Crippen LogP contribution in [-0.2, 0) is 6.42 Å². The van der Waals surface area contributed by atoms with E-state index in [0.717, 1.165) is 37.9 Å². The third-order valence-corrected chi connectivity index (χ3v) is 3.09. The van der Waals surface area contributed by atoms with Gasteiger partial charge in [0.05, 0.1) is 0 Å². The fraction of sp³-hybridized carbons (Fsp3) is 0.500. The van der Waals surface area contributed by atoms with E-state index < -0.39 is 11.6 Å². The molecule has 3 N–H and O–H groups in total. The van der Waals surface area contributed by atoms with E-state index in [1.54, 1.807) is 0 Å². The maximum absolute atomic E-state index is 13.2. The number of phenols is 2. The fourth-order valence-corrected chi connectivity index (χ4v) is 2.18. The first-order valence-corrected chi connectivity index (χ1v) is 5.58. The van der Waals surface area contributed by atoms with Gasteiger partial charge in [-0.1, -0.05) is 0 Å². The maximum atomic E-state index is 13.2. The van der Waals surface area contributed by atoms with Gasteiger partial charge >= 0.3 is 0 Å². The molecule has 0 unspecified atom stereocenters. The van der Waals surface area contributed by atoms with Gasteiger partial charge < -0.3 is 15.5 Å². The minimum absolute atomic E-state index is 0.371. The SMILES string of the molecule is Oc1cc(CC2CCNCC2)cc(F)c1O. The molecule has 0 spiro atoms. The summed E-state index contributed by atoms with van der Waals surface area (Å²) in [6.45, 7) is 1.99. The highest BCUT2D eigenvalue weighted by Gasteiger charge is 2.16. The van der Waals surface area contributed by atoms with Crippen molar-refractivity contribution in [2.75, 3.05) is 13.1 Å². The molecule has 1 saturated heterocycles. The number of hydrogen-bond donors (Lipinski definition) is 3. The summed E-state index contributed by atoms with van der Waals surface area (Å²) in [4.78, 5) is 0. The number of piperidine rings is 1. The molecule has 0 amide bonds. The zero-order valence-electron chi connectivity index (χ0n) is 9.04. The first kappa shape index (κ1) is 11.2. The quantitative estimate of drug-likeness (QED) is 0.672. The van der Waals surface area contributed by atoms with Crippen LogP contribution < -0.4 is 5.32 Å². The molecule has 1 aromatic carbocycles. The molecule has 0 atom stereocenters. The average molecular weight is 225 g/mol. The number of benzene rings is 1. The van der Waals surface area contributed by atoms with Gasteiger partial charge in [-0.2, -0.15) is 0 Å². The predicted molar refractivity (Wildman–Crippen MR) is 59.0 cm³/mol. The van der Waals surface area contributed by atoms with Crippen LogP contribution in [0.25, 0.3) is 0 Å². The summed E-state index contributed by atoms with van der Waals surface area (Å²) in [5, 5.41) is 21.7. The number of halogens is 1. The van der Waals surface area contributed by atoms with Crippen LogP contribution in [-0.4, -0.2) is 23.3 Å². The molecule has 1 aromatic rings. The summed E-state index contributed by atoms with van der Waals surface area (Å²) in [6.07, 6.45) is 2.90. The van der Waals surface area contributed by atoms with Crippen LogP contribution >= 0.6 is 0 Å². The second kappa shape index (κ2) is 4.70. The van der Waals surface area contributed by atoms with Crippen molar-refractivity contribution < 1.29 is 14.6 Å². The van der Waals surface area contributed by atoms with Gasteiger partial charge in [-0.3, -0.25) is 0 Å². The Labute approximate surface area is 93.9 Å². The van der Waals surface area contributed by atoms with Crippen LogP contribution in [0.1, 0.15) is 18.4 Å². The van der Waals surface area contributed by atoms with E-state index >= 15 is 0 Å². The molecule has 16 heavy (non-hydrogen) atoms. The van der Waals surface area contributed by atoms with Crippen molar-refractivity contribution >= 4 is 0 Å². The number of aromatic hydroxyl groups is 2. The van der Waals surface area contributed by atoms with Gasteiger partial charge in [0.25, 0.3) is 0 Å². The summed E-state index contributed by atoms with van der Waals surface area (Å²) >= 11 is 0. The molecule has 0 aliphatic carbocycles. The van der Waals surface area contributed by atoms with Crippen molar-refractivity contribution in [1.29, 1.82) is 0 Å². The zero-order valence-corrected chi connectivity index (χ0v) is 9.04. The topological polar surface area (TPSA) is 52.5 Å². The lowest BCUT2D eigenvalue weighted by Gasteiger charge is -2.22. The van der Waals surface area contributed by atoms with Gasteiger partial charge in [0.2, 0.25) is 0 Å². The Hall–Kier alpha value is -1.29. The van der Waals surface area contributed by atoms with Crippen molar-refractivity contribution in [2.24, 2.45) is 5.92 Å². The average Bonchev–Trinajstić information content (AvgIpc) is 2.27. The van der Waals surface area contributed by atoms with Crippen LogP contribution in [0, 0.1) is 11.7 Å². The van der Waals surface area contributed by atoms with Crippen molar-refractivity contribution in [3.8, 4) is 11.5 Å². The largest absolute Gasteiger partial charge is 0.504 e. The molecule has 2 rings (SSSR count). The Kier molecular flexibility index (Phi) is 3.29. The van der Waals surface area contributed by atoms with Gasteiger partial charge in [0.1, 0.15) is 0 Å². The highest BCUT2D eigenvalue weighted by atomic mass is 19.1. The maximum Gasteiger partial charge on any atom is 0.194 e. The van der Waals surface area contributed by atoms with Crippen LogP contribution in [0.3, 0.4) is 0 Å². The van der Waals surface area contributed by atoms with E-state index in [2.05, 4.69) is 5.32 Å². The highest BCUT2D eigenvalue weighted by molar-refractivity contribution is 5.42. The minimum atomic E-state index is -0.746. The van der Waals surface area contributed by atoms with Gasteiger partial charge in [-0.15, -0.1) is 0 Å². The Bertz CT molecular complexity index is 352. The van der Waals surface area contributed by atoms with Gasteiger partial charge in [0, 0.05) is 0 Å². The van der Waals surface area contributed by atoms with E-state index in [9.17, 15) is 9.50 Å². The fourth-order valence-electron chi connectivity index (χ4n) is 2.18. The number of hydrogen-bond acceptors (Lipinski definition) is 3. The molecule has 0 saturated carbocycles. The number of phenolic OH excluding ortho intramolecular Hbond substituents is 2. The molecule has 0 radical (unpaired) electrons. The minimum Gasteiger partial charge on any atom is -0.504 e. The van der Waals surface area contributed by atoms with E-state index in [1.165, 1.54) is 12.1 Å².